The Labute approximate surface area is 135 Å². The summed E-state index contributed by atoms with van der Waals surface area (Å²) in [6, 6.07) is 14.8. The van der Waals surface area contributed by atoms with E-state index in [1.54, 1.807) is 6.08 Å². The summed E-state index contributed by atoms with van der Waals surface area (Å²) in [5.41, 5.74) is 1.85. The molecule has 0 spiro atoms. The summed E-state index contributed by atoms with van der Waals surface area (Å²) in [6.07, 6.45) is 2.80. The molecule has 2 rings (SSSR count). The van der Waals surface area contributed by atoms with E-state index in [4.69, 9.17) is 16.3 Å². The second kappa shape index (κ2) is 8.25. The highest BCUT2D eigenvalue weighted by atomic mass is 35.5. The average Bonchev–Trinajstić information content (AvgIpc) is 2.54. The highest BCUT2D eigenvalue weighted by Gasteiger charge is 2.04. The highest BCUT2D eigenvalue weighted by molar-refractivity contribution is 6.30. The molecule has 22 heavy (non-hydrogen) atoms. The second-order valence-corrected chi connectivity index (χ2v) is 5.24. The van der Waals surface area contributed by atoms with E-state index in [2.05, 4.69) is 11.9 Å². The summed E-state index contributed by atoms with van der Waals surface area (Å²) in [7, 11) is 0. The van der Waals surface area contributed by atoms with Crippen LogP contribution in [0.5, 0.6) is 5.75 Å². The van der Waals surface area contributed by atoms with Crippen LogP contribution in [0.4, 0.5) is 5.69 Å². The smallest absolute Gasteiger partial charge is 0.224 e. The molecule has 2 aromatic carbocycles. The summed E-state index contributed by atoms with van der Waals surface area (Å²) in [5.74, 6) is 0.730. The molecular formula is C18H18ClNO2. The summed E-state index contributed by atoms with van der Waals surface area (Å²) < 4.78 is 5.39. The van der Waals surface area contributed by atoms with E-state index in [0.717, 1.165) is 17.0 Å². The van der Waals surface area contributed by atoms with Gasteiger partial charge in [0.05, 0.1) is 0 Å². The van der Waals surface area contributed by atoms with Crippen LogP contribution in [0.1, 0.15) is 12.0 Å². The molecule has 114 valence electrons. The third-order valence-electron chi connectivity index (χ3n) is 3.06. The molecule has 0 aromatic heterocycles. The van der Waals surface area contributed by atoms with Crippen molar-refractivity contribution in [2.45, 2.75) is 12.8 Å². The van der Waals surface area contributed by atoms with Crippen LogP contribution >= 0.6 is 11.6 Å². The van der Waals surface area contributed by atoms with Crippen molar-refractivity contribution in [3.8, 4) is 5.75 Å². The number of nitrogens with one attached hydrogen (secondary N) is 1. The van der Waals surface area contributed by atoms with Gasteiger partial charge in [0.1, 0.15) is 12.4 Å². The first kappa shape index (κ1) is 16.1. The van der Waals surface area contributed by atoms with Crippen LogP contribution in [-0.2, 0) is 11.2 Å². The van der Waals surface area contributed by atoms with Gasteiger partial charge in [-0.05, 0) is 48.4 Å². The summed E-state index contributed by atoms with van der Waals surface area (Å²) in [4.78, 5) is 11.9. The van der Waals surface area contributed by atoms with Crippen LogP contribution < -0.4 is 10.1 Å². The molecule has 0 heterocycles. The van der Waals surface area contributed by atoms with Gasteiger partial charge in [-0.25, -0.2) is 0 Å². The van der Waals surface area contributed by atoms with E-state index in [0.29, 0.717) is 24.5 Å². The molecule has 0 unspecified atom stereocenters. The van der Waals surface area contributed by atoms with Gasteiger partial charge in [0, 0.05) is 17.1 Å². The van der Waals surface area contributed by atoms with Crippen molar-refractivity contribution in [2.24, 2.45) is 0 Å². The summed E-state index contributed by atoms with van der Waals surface area (Å²) >= 11 is 5.83. The SMILES string of the molecule is C=CCOc1ccc(NC(=O)CCc2ccc(Cl)cc2)cc1. The predicted octanol–water partition coefficient (Wildman–Crippen LogP) is 4.48. The topological polar surface area (TPSA) is 38.3 Å². The molecular weight excluding hydrogens is 298 g/mol. The third-order valence-corrected chi connectivity index (χ3v) is 3.31. The summed E-state index contributed by atoms with van der Waals surface area (Å²) in [5, 5.41) is 3.57. The van der Waals surface area contributed by atoms with Crippen LogP contribution in [0.3, 0.4) is 0 Å². The molecule has 0 aliphatic carbocycles. The average molecular weight is 316 g/mol. The quantitative estimate of drug-likeness (QED) is 0.765. The van der Waals surface area contributed by atoms with Crippen molar-refractivity contribution < 1.29 is 9.53 Å². The maximum absolute atomic E-state index is 11.9. The normalized spacial score (nSPS) is 10.0. The third kappa shape index (κ3) is 5.26. The number of amides is 1. The highest BCUT2D eigenvalue weighted by Crippen LogP contribution is 2.16. The van der Waals surface area contributed by atoms with E-state index in [-0.39, 0.29) is 5.91 Å². The Balaban J connectivity index is 1.81. The molecule has 0 saturated heterocycles. The minimum absolute atomic E-state index is 0.0188. The standard InChI is InChI=1S/C18H18ClNO2/c1-2-13-22-17-10-8-16(9-11-17)20-18(21)12-5-14-3-6-15(19)7-4-14/h2-4,6-11H,1,5,12-13H2,(H,20,21). The number of aryl methyl sites for hydroxylation is 1. The molecule has 0 saturated carbocycles. The van der Waals surface area contributed by atoms with Gasteiger partial charge in [0.25, 0.3) is 0 Å². The Bertz CT molecular complexity index is 621. The van der Waals surface area contributed by atoms with Crippen molar-refractivity contribution >= 4 is 23.2 Å². The van der Waals surface area contributed by atoms with Gasteiger partial charge in [-0.3, -0.25) is 4.79 Å². The number of halogens is 1. The van der Waals surface area contributed by atoms with Crippen molar-refractivity contribution in [1.82, 2.24) is 0 Å². The molecule has 3 nitrogen and oxygen atoms in total. The maximum atomic E-state index is 11.9. The van der Waals surface area contributed by atoms with Crippen molar-refractivity contribution in [2.75, 3.05) is 11.9 Å². The molecule has 2 aromatic rings. The van der Waals surface area contributed by atoms with E-state index >= 15 is 0 Å². The van der Waals surface area contributed by atoms with Crippen molar-refractivity contribution in [3.05, 3.63) is 71.8 Å². The van der Waals surface area contributed by atoms with Gasteiger partial charge in [-0.1, -0.05) is 36.4 Å². The number of benzene rings is 2. The van der Waals surface area contributed by atoms with Gasteiger partial charge >= 0.3 is 0 Å². The molecule has 0 aliphatic rings. The van der Waals surface area contributed by atoms with Crippen molar-refractivity contribution in [3.63, 3.8) is 0 Å². The Kier molecular flexibility index (Phi) is 6.04. The zero-order chi connectivity index (χ0) is 15.8. The van der Waals surface area contributed by atoms with Crippen LogP contribution in [0.2, 0.25) is 5.02 Å². The van der Waals surface area contributed by atoms with Gasteiger partial charge < -0.3 is 10.1 Å². The first-order valence-electron chi connectivity index (χ1n) is 7.05. The minimum Gasteiger partial charge on any atom is -0.490 e. The number of hydrogen-bond donors (Lipinski definition) is 1. The number of anilines is 1. The summed E-state index contributed by atoms with van der Waals surface area (Å²) in [6.45, 7) is 4.06. The second-order valence-electron chi connectivity index (χ2n) is 4.80. The van der Waals surface area contributed by atoms with Gasteiger partial charge in [-0.15, -0.1) is 0 Å². The fraction of sp³-hybridized carbons (Fsp3) is 0.167. The van der Waals surface area contributed by atoms with Gasteiger partial charge in [-0.2, -0.15) is 0 Å². The van der Waals surface area contributed by atoms with Gasteiger partial charge in [0.2, 0.25) is 5.91 Å². The fourth-order valence-corrected chi connectivity index (χ4v) is 2.05. The van der Waals surface area contributed by atoms with E-state index in [9.17, 15) is 4.79 Å². The molecule has 1 amide bonds. The number of carbonyl (C=O) groups is 1. The first-order valence-corrected chi connectivity index (χ1v) is 7.43. The van der Waals surface area contributed by atoms with Crippen LogP contribution in [0.15, 0.2) is 61.2 Å². The molecule has 0 aliphatic heterocycles. The number of ether oxygens (including phenoxy) is 1. The number of rotatable bonds is 7. The molecule has 4 heteroatoms. The molecule has 0 atom stereocenters. The lowest BCUT2D eigenvalue weighted by Crippen LogP contribution is -2.12. The van der Waals surface area contributed by atoms with Crippen LogP contribution in [-0.4, -0.2) is 12.5 Å². The Morgan fingerprint density at radius 1 is 1.14 bits per heavy atom. The predicted molar refractivity (Wildman–Crippen MR) is 90.5 cm³/mol. The zero-order valence-electron chi connectivity index (χ0n) is 12.2. The maximum Gasteiger partial charge on any atom is 0.224 e. The Morgan fingerprint density at radius 3 is 2.45 bits per heavy atom. The number of hydrogen-bond acceptors (Lipinski definition) is 2. The Morgan fingerprint density at radius 2 is 1.82 bits per heavy atom. The number of carbonyl (C=O) groups excluding carboxylic acids is 1. The van der Waals surface area contributed by atoms with Crippen molar-refractivity contribution in [1.29, 1.82) is 0 Å². The molecule has 0 radical (unpaired) electrons. The van der Waals surface area contributed by atoms with E-state index in [1.807, 2.05) is 48.5 Å². The van der Waals surface area contributed by atoms with Gasteiger partial charge in [0.15, 0.2) is 0 Å². The largest absolute Gasteiger partial charge is 0.490 e. The van der Waals surface area contributed by atoms with E-state index < -0.39 is 0 Å². The molecule has 1 N–H and O–H groups in total. The van der Waals surface area contributed by atoms with Crippen LogP contribution in [0.25, 0.3) is 0 Å². The lowest BCUT2D eigenvalue weighted by atomic mass is 10.1. The lowest BCUT2D eigenvalue weighted by Gasteiger charge is -2.07. The van der Waals surface area contributed by atoms with E-state index in [1.165, 1.54) is 0 Å². The first-order chi connectivity index (χ1) is 10.7. The fourth-order valence-electron chi connectivity index (χ4n) is 1.92. The zero-order valence-corrected chi connectivity index (χ0v) is 13.0. The van der Waals surface area contributed by atoms with Crippen LogP contribution in [0, 0.1) is 0 Å². The lowest BCUT2D eigenvalue weighted by molar-refractivity contribution is -0.116. The monoisotopic (exact) mass is 315 g/mol. The Hall–Kier alpha value is -2.26. The molecule has 0 bridgehead atoms. The molecule has 0 fully saturated rings. The minimum atomic E-state index is -0.0188.